The van der Waals surface area contributed by atoms with Crippen LogP contribution in [0, 0.1) is 0 Å². The number of likely N-dealkylation sites (tertiary alicyclic amines) is 1. The lowest BCUT2D eigenvalue weighted by Gasteiger charge is -2.32. The zero-order valence-corrected chi connectivity index (χ0v) is 16.2. The number of carbonyl (C=O) groups excluding carboxylic acids is 2. The van der Waals surface area contributed by atoms with Gasteiger partial charge >= 0.3 is 5.97 Å². The number of hydrogen-bond acceptors (Lipinski definition) is 5. The highest BCUT2D eigenvalue weighted by atomic mass is 16.5. The molecule has 0 bridgehead atoms. The van der Waals surface area contributed by atoms with Gasteiger partial charge in [-0.15, -0.1) is 0 Å². The summed E-state index contributed by atoms with van der Waals surface area (Å²) in [6.07, 6.45) is 2.03. The van der Waals surface area contributed by atoms with Gasteiger partial charge in [0.05, 0.1) is 24.9 Å². The average Bonchev–Trinajstić information content (AvgIpc) is 2.74. The van der Waals surface area contributed by atoms with E-state index in [1.54, 1.807) is 24.3 Å². The van der Waals surface area contributed by atoms with E-state index in [1.807, 2.05) is 6.07 Å². The van der Waals surface area contributed by atoms with E-state index in [2.05, 4.69) is 39.8 Å². The minimum atomic E-state index is -0.463. The van der Waals surface area contributed by atoms with Crippen molar-refractivity contribution in [2.24, 2.45) is 0 Å². The summed E-state index contributed by atoms with van der Waals surface area (Å²) in [7, 11) is 1.33. The van der Waals surface area contributed by atoms with E-state index in [1.165, 1.54) is 12.7 Å². The van der Waals surface area contributed by atoms with Crippen LogP contribution in [0.2, 0.25) is 0 Å². The Hall–Kier alpha value is -2.70. The zero-order chi connectivity index (χ0) is 19.8. The van der Waals surface area contributed by atoms with Crippen molar-refractivity contribution in [1.82, 2.24) is 10.2 Å². The number of rotatable bonds is 7. The standard InChI is InChI=1S/C22H27N3O3/c1-28-22(27)19-9-5-6-10-20(19)24-21(26)15-23-18-11-13-25(14-12-18)16-17-7-3-2-4-8-17/h2-10,18,23H,11-16H2,1H3,(H,24,26). The molecule has 2 aromatic carbocycles. The molecule has 0 unspecified atom stereocenters. The third-order valence-corrected chi connectivity index (χ3v) is 4.99. The summed E-state index contributed by atoms with van der Waals surface area (Å²) in [6.45, 7) is 3.22. The molecule has 6 nitrogen and oxygen atoms in total. The number of esters is 1. The van der Waals surface area contributed by atoms with Crippen LogP contribution in [0.5, 0.6) is 0 Å². The van der Waals surface area contributed by atoms with E-state index < -0.39 is 5.97 Å². The number of para-hydroxylation sites is 1. The summed E-state index contributed by atoms with van der Waals surface area (Å²) in [6, 6.07) is 17.7. The average molecular weight is 381 g/mol. The first-order chi connectivity index (χ1) is 13.7. The Balaban J connectivity index is 1.42. The summed E-state index contributed by atoms with van der Waals surface area (Å²) < 4.78 is 4.76. The van der Waals surface area contributed by atoms with E-state index in [9.17, 15) is 9.59 Å². The number of anilines is 1. The van der Waals surface area contributed by atoms with Crippen LogP contribution in [0.1, 0.15) is 28.8 Å². The molecule has 28 heavy (non-hydrogen) atoms. The highest BCUT2D eigenvalue weighted by Crippen LogP contribution is 2.16. The van der Waals surface area contributed by atoms with Crippen molar-refractivity contribution in [2.75, 3.05) is 32.1 Å². The van der Waals surface area contributed by atoms with Gasteiger partial charge in [0.25, 0.3) is 0 Å². The Morgan fingerprint density at radius 1 is 1.04 bits per heavy atom. The van der Waals surface area contributed by atoms with Crippen molar-refractivity contribution in [2.45, 2.75) is 25.4 Å². The summed E-state index contributed by atoms with van der Waals surface area (Å²) in [4.78, 5) is 26.5. The van der Waals surface area contributed by atoms with Crippen LogP contribution in [0.3, 0.4) is 0 Å². The highest BCUT2D eigenvalue weighted by molar-refractivity contribution is 6.01. The normalized spacial score (nSPS) is 15.2. The molecule has 6 heteroatoms. The number of amides is 1. The molecule has 1 aliphatic heterocycles. The third kappa shape index (κ3) is 5.65. The Morgan fingerprint density at radius 3 is 2.43 bits per heavy atom. The van der Waals surface area contributed by atoms with Crippen molar-refractivity contribution in [3.8, 4) is 0 Å². The SMILES string of the molecule is COC(=O)c1ccccc1NC(=O)CNC1CCN(Cc2ccccc2)CC1. The van der Waals surface area contributed by atoms with Crippen molar-refractivity contribution in [1.29, 1.82) is 0 Å². The fraction of sp³-hybridized carbons (Fsp3) is 0.364. The quantitative estimate of drug-likeness (QED) is 0.722. The Morgan fingerprint density at radius 2 is 1.71 bits per heavy atom. The van der Waals surface area contributed by atoms with Crippen LogP contribution in [0.15, 0.2) is 54.6 Å². The van der Waals surface area contributed by atoms with Gasteiger partial charge in [0.1, 0.15) is 0 Å². The first-order valence-electron chi connectivity index (χ1n) is 9.62. The number of nitrogens with one attached hydrogen (secondary N) is 2. The van der Waals surface area contributed by atoms with Gasteiger partial charge in [-0.25, -0.2) is 4.79 Å². The second-order valence-electron chi connectivity index (χ2n) is 7.00. The van der Waals surface area contributed by atoms with Gasteiger partial charge in [0, 0.05) is 12.6 Å². The molecule has 0 radical (unpaired) electrons. The molecule has 2 N–H and O–H groups in total. The molecule has 1 aliphatic rings. The maximum absolute atomic E-state index is 12.3. The molecule has 148 valence electrons. The monoisotopic (exact) mass is 381 g/mol. The minimum absolute atomic E-state index is 0.164. The molecule has 1 fully saturated rings. The summed E-state index contributed by atoms with van der Waals surface area (Å²) in [5.74, 6) is -0.627. The van der Waals surface area contributed by atoms with Gasteiger partial charge in [-0.1, -0.05) is 42.5 Å². The summed E-state index contributed by atoms with van der Waals surface area (Å²) in [5, 5.41) is 6.13. The largest absolute Gasteiger partial charge is 0.465 e. The number of nitrogens with zero attached hydrogens (tertiary/aromatic N) is 1. The lowest BCUT2D eigenvalue weighted by molar-refractivity contribution is -0.115. The summed E-state index contributed by atoms with van der Waals surface area (Å²) >= 11 is 0. The number of methoxy groups -OCH3 is 1. The molecule has 0 atom stereocenters. The second kappa shape index (κ2) is 10.0. The molecule has 0 spiro atoms. The maximum Gasteiger partial charge on any atom is 0.339 e. The van der Waals surface area contributed by atoms with Crippen LogP contribution < -0.4 is 10.6 Å². The van der Waals surface area contributed by atoms with Crippen molar-refractivity contribution in [3.05, 3.63) is 65.7 Å². The fourth-order valence-corrected chi connectivity index (χ4v) is 3.45. The summed E-state index contributed by atoms with van der Waals surface area (Å²) in [5.41, 5.74) is 2.16. The van der Waals surface area contributed by atoms with Gasteiger partial charge in [0.15, 0.2) is 0 Å². The first-order valence-corrected chi connectivity index (χ1v) is 9.62. The molecule has 3 rings (SSSR count). The predicted octanol–water partition coefficient (Wildman–Crippen LogP) is 2.67. The molecule has 1 amide bonds. The van der Waals surface area contributed by atoms with Crippen LogP contribution in [-0.2, 0) is 16.1 Å². The number of benzene rings is 2. The Labute approximate surface area is 165 Å². The molecule has 1 heterocycles. The minimum Gasteiger partial charge on any atom is -0.465 e. The third-order valence-electron chi connectivity index (χ3n) is 4.99. The van der Waals surface area contributed by atoms with Crippen molar-refractivity contribution < 1.29 is 14.3 Å². The van der Waals surface area contributed by atoms with Crippen LogP contribution in [0.25, 0.3) is 0 Å². The van der Waals surface area contributed by atoms with Crippen molar-refractivity contribution in [3.63, 3.8) is 0 Å². The smallest absolute Gasteiger partial charge is 0.339 e. The molecule has 0 aliphatic carbocycles. The van der Waals surface area contributed by atoms with Crippen LogP contribution in [-0.4, -0.2) is 49.6 Å². The Bertz CT molecular complexity index is 787. The first kappa shape index (κ1) is 20.0. The van der Waals surface area contributed by atoms with E-state index in [0.717, 1.165) is 32.5 Å². The van der Waals surface area contributed by atoms with Crippen LogP contribution in [0.4, 0.5) is 5.69 Å². The second-order valence-corrected chi connectivity index (χ2v) is 7.00. The molecular formula is C22H27N3O3. The maximum atomic E-state index is 12.3. The number of carbonyl (C=O) groups is 2. The lowest BCUT2D eigenvalue weighted by Crippen LogP contribution is -2.44. The fourth-order valence-electron chi connectivity index (χ4n) is 3.45. The van der Waals surface area contributed by atoms with Gasteiger partial charge in [-0.05, 0) is 43.6 Å². The number of ether oxygens (including phenoxy) is 1. The van der Waals surface area contributed by atoms with Crippen LogP contribution >= 0.6 is 0 Å². The van der Waals surface area contributed by atoms with Gasteiger partial charge in [0.2, 0.25) is 5.91 Å². The molecule has 0 saturated carbocycles. The molecule has 2 aromatic rings. The molecule has 0 aromatic heterocycles. The van der Waals surface area contributed by atoms with E-state index >= 15 is 0 Å². The van der Waals surface area contributed by atoms with E-state index in [0.29, 0.717) is 17.3 Å². The van der Waals surface area contributed by atoms with Crippen molar-refractivity contribution >= 4 is 17.6 Å². The van der Waals surface area contributed by atoms with Gasteiger partial charge < -0.3 is 15.4 Å². The zero-order valence-electron chi connectivity index (χ0n) is 16.2. The topological polar surface area (TPSA) is 70.7 Å². The van der Waals surface area contributed by atoms with E-state index in [4.69, 9.17) is 4.74 Å². The van der Waals surface area contributed by atoms with E-state index in [-0.39, 0.29) is 12.5 Å². The molecule has 1 saturated heterocycles. The Kier molecular flexibility index (Phi) is 7.17. The molecular weight excluding hydrogens is 354 g/mol. The van der Waals surface area contributed by atoms with Gasteiger partial charge in [-0.2, -0.15) is 0 Å². The number of hydrogen-bond donors (Lipinski definition) is 2. The lowest BCUT2D eigenvalue weighted by atomic mass is 10.0. The number of piperidine rings is 1. The van der Waals surface area contributed by atoms with Gasteiger partial charge in [-0.3, -0.25) is 9.69 Å². The highest BCUT2D eigenvalue weighted by Gasteiger charge is 2.20. The predicted molar refractivity (Wildman–Crippen MR) is 109 cm³/mol.